The van der Waals surface area contributed by atoms with Gasteiger partial charge in [-0.1, -0.05) is 6.92 Å². The number of ether oxygens (including phenoxy) is 1. The van der Waals surface area contributed by atoms with Crippen molar-refractivity contribution in [3.05, 3.63) is 17.9 Å². The second-order valence-corrected chi connectivity index (χ2v) is 4.59. The molecule has 0 radical (unpaired) electrons. The molecule has 1 atom stereocenters. The van der Waals surface area contributed by atoms with Gasteiger partial charge < -0.3 is 14.3 Å². The summed E-state index contributed by atoms with van der Waals surface area (Å²) in [7, 11) is -1.34. The minimum absolute atomic E-state index is 0.178. The molecule has 0 fully saturated rings. The Labute approximate surface area is 95.9 Å². The van der Waals surface area contributed by atoms with Crippen LogP contribution in [0, 0.1) is 0 Å². The predicted octanol–water partition coefficient (Wildman–Crippen LogP) is 1.51. The lowest BCUT2D eigenvalue weighted by Crippen LogP contribution is -2.06. The molecular formula is C10H14O5S. The van der Waals surface area contributed by atoms with Gasteiger partial charge in [-0.25, -0.2) is 4.79 Å². The van der Waals surface area contributed by atoms with Gasteiger partial charge in [0, 0.05) is 6.61 Å². The first-order chi connectivity index (χ1) is 7.65. The molecule has 1 N–H and O–H groups in total. The molecule has 5 nitrogen and oxygen atoms in total. The zero-order valence-corrected chi connectivity index (χ0v) is 9.79. The molecule has 1 aromatic heterocycles. The maximum atomic E-state index is 11.6. The summed E-state index contributed by atoms with van der Waals surface area (Å²) in [4.78, 5) is 10.5. The maximum Gasteiger partial charge on any atom is 0.371 e. The quantitative estimate of drug-likeness (QED) is 0.738. The van der Waals surface area contributed by atoms with Crippen molar-refractivity contribution in [2.45, 2.75) is 18.4 Å². The van der Waals surface area contributed by atoms with Crippen LogP contribution in [-0.4, -0.2) is 34.3 Å². The Bertz CT molecular complexity index is 371. The Kier molecular flexibility index (Phi) is 5.21. The SMILES string of the molecule is CCCOCCS(=O)c1ccc(C(=O)O)o1. The number of carboxylic acids is 1. The zero-order valence-electron chi connectivity index (χ0n) is 8.97. The van der Waals surface area contributed by atoms with E-state index in [1.165, 1.54) is 12.1 Å². The van der Waals surface area contributed by atoms with Crippen molar-refractivity contribution in [3.8, 4) is 0 Å². The molecule has 0 aliphatic heterocycles. The average Bonchev–Trinajstić information content (AvgIpc) is 2.73. The van der Waals surface area contributed by atoms with Gasteiger partial charge >= 0.3 is 5.97 Å². The molecule has 0 bridgehead atoms. The van der Waals surface area contributed by atoms with E-state index in [1.807, 2.05) is 6.92 Å². The van der Waals surface area contributed by atoms with Crippen LogP contribution in [0.4, 0.5) is 0 Å². The second-order valence-electron chi connectivity index (χ2n) is 3.09. The van der Waals surface area contributed by atoms with Crippen molar-refractivity contribution in [3.63, 3.8) is 0 Å². The van der Waals surface area contributed by atoms with Crippen molar-refractivity contribution in [2.75, 3.05) is 19.0 Å². The van der Waals surface area contributed by atoms with E-state index < -0.39 is 16.8 Å². The van der Waals surface area contributed by atoms with E-state index in [9.17, 15) is 9.00 Å². The average molecular weight is 246 g/mol. The number of aromatic carboxylic acids is 1. The third kappa shape index (κ3) is 3.79. The summed E-state index contributed by atoms with van der Waals surface area (Å²) in [5.41, 5.74) is 0. The largest absolute Gasteiger partial charge is 0.475 e. The fourth-order valence-electron chi connectivity index (χ4n) is 1.04. The first-order valence-corrected chi connectivity index (χ1v) is 6.26. The third-order valence-corrected chi connectivity index (χ3v) is 2.98. The van der Waals surface area contributed by atoms with Crippen LogP contribution < -0.4 is 0 Å². The number of hydrogen-bond acceptors (Lipinski definition) is 4. The predicted molar refractivity (Wildman–Crippen MR) is 58.1 cm³/mol. The van der Waals surface area contributed by atoms with Crippen LogP contribution in [0.2, 0.25) is 0 Å². The molecule has 0 saturated carbocycles. The summed E-state index contributed by atoms with van der Waals surface area (Å²) in [5.74, 6) is -1.05. The van der Waals surface area contributed by atoms with Crippen molar-refractivity contribution >= 4 is 16.8 Å². The van der Waals surface area contributed by atoms with Crippen molar-refractivity contribution in [2.24, 2.45) is 0 Å². The monoisotopic (exact) mass is 246 g/mol. The van der Waals surface area contributed by atoms with Gasteiger partial charge in [0.15, 0.2) is 5.09 Å². The Morgan fingerprint density at radius 2 is 2.25 bits per heavy atom. The van der Waals surface area contributed by atoms with E-state index in [0.717, 1.165) is 6.42 Å². The molecule has 1 rings (SSSR count). The first-order valence-electron chi connectivity index (χ1n) is 4.94. The summed E-state index contributed by atoms with van der Waals surface area (Å²) in [6, 6.07) is 2.71. The number of rotatable bonds is 7. The molecule has 1 unspecified atom stereocenters. The highest BCUT2D eigenvalue weighted by atomic mass is 32.2. The summed E-state index contributed by atoms with van der Waals surface area (Å²) < 4.78 is 21.7. The van der Waals surface area contributed by atoms with Crippen molar-refractivity contribution in [1.29, 1.82) is 0 Å². The van der Waals surface area contributed by atoms with Crippen molar-refractivity contribution < 1.29 is 23.3 Å². The van der Waals surface area contributed by atoms with Crippen LogP contribution in [0.15, 0.2) is 21.6 Å². The molecule has 0 aromatic carbocycles. The van der Waals surface area contributed by atoms with Gasteiger partial charge in [0.05, 0.1) is 23.2 Å². The van der Waals surface area contributed by atoms with Crippen LogP contribution in [0.5, 0.6) is 0 Å². The number of carbonyl (C=O) groups is 1. The van der Waals surface area contributed by atoms with Gasteiger partial charge in [0.2, 0.25) is 5.76 Å². The van der Waals surface area contributed by atoms with Crippen LogP contribution in [0.25, 0.3) is 0 Å². The molecule has 6 heteroatoms. The Hall–Kier alpha value is -1.14. The summed E-state index contributed by atoms with van der Waals surface area (Å²) in [6.45, 7) is 3.00. The molecule has 0 aliphatic carbocycles. The fraction of sp³-hybridized carbons (Fsp3) is 0.500. The van der Waals surface area contributed by atoms with Gasteiger partial charge in [0.1, 0.15) is 0 Å². The van der Waals surface area contributed by atoms with Gasteiger partial charge in [0.25, 0.3) is 0 Å². The van der Waals surface area contributed by atoms with E-state index in [-0.39, 0.29) is 10.9 Å². The van der Waals surface area contributed by atoms with Crippen LogP contribution in [0.1, 0.15) is 23.9 Å². The Balaban J connectivity index is 2.43. The van der Waals surface area contributed by atoms with Gasteiger partial charge in [-0.3, -0.25) is 4.21 Å². The highest BCUT2D eigenvalue weighted by Crippen LogP contribution is 2.12. The van der Waals surface area contributed by atoms with Crippen molar-refractivity contribution in [1.82, 2.24) is 0 Å². The smallest absolute Gasteiger partial charge is 0.371 e. The molecule has 16 heavy (non-hydrogen) atoms. The summed E-state index contributed by atoms with van der Waals surface area (Å²) in [6.07, 6.45) is 0.913. The number of carboxylic acid groups (broad SMARTS) is 1. The van der Waals surface area contributed by atoms with E-state index >= 15 is 0 Å². The molecule has 0 saturated heterocycles. The minimum atomic E-state index is -1.34. The van der Waals surface area contributed by atoms with E-state index in [1.54, 1.807) is 0 Å². The summed E-state index contributed by atoms with van der Waals surface area (Å²) in [5, 5.41) is 8.79. The highest BCUT2D eigenvalue weighted by molar-refractivity contribution is 7.84. The maximum absolute atomic E-state index is 11.6. The fourth-order valence-corrected chi connectivity index (χ4v) is 1.91. The van der Waals surface area contributed by atoms with Crippen LogP contribution in [-0.2, 0) is 15.5 Å². The van der Waals surface area contributed by atoms with Crippen LogP contribution >= 0.6 is 0 Å². The summed E-state index contributed by atoms with van der Waals surface area (Å²) >= 11 is 0. The van der Waals surface area contributed by atoms with Gasteiger partial charge in [-0.05, 0) is 18.6 Å². The molecule has 0 aliphatic rings. The van der Waals surface area contributed by atoms with Gasteiger partial charge in [-0.2, -0.15) is 0 Å². The Morgan fingerprint density at radius 3 is 2.81 bits per heavy atom. The third-order valence-electron chi connectivity index (χ3n) is 1.78. The Morgan fingerprint density at radius 1 is 1.50 bits per heavy atom. The zero-order chi connectivity index (χ0) is 12.0. The van der Waals surface area contributed by atoms with Crippen LogP contribution in [0.3, 0.4) is 0 Å². The molecule has 0 spiro atoms. The second kappa shape index (κ2) is 6.44. The molecule has 90 valence electrons. The van der Waals surface area contributed by atoms with Gasteiger partial charge in [-0.15, -0.1) is 0 Å². The van der Waals surface area contributed by atoms with E-state index in [4.69, 9.17) is 14.3 Å². The van der Waals surface area contributed by atoms with E-state index in [2.05, 4.69) is 0 Å². The normalized spacial score (nSPS) is 12.6. The topological polar surface area (TPSA) is 76.7 Å². The highest BCUT2D eigenvalue weighted by Gasteiger charge is 2.13. The lowest BCUT2D eigenvalue weighted by molar-refractivity contribution is 0.0656. The number of hydrogen-bond donors (Lipinski definition) is 1. The standard InChI is InChI=1S/C10H14O5S/c1-2-5-14-6-7-16(13)9-4-3-8(15-9)10(11)12/h3-4H,2,5-7H2,1H3,(H,11,12). The number of furan rings is 1. The first kappa shape index (κ1) is 12.9. The van der Waals surface area contributed by atoms with E-state index in [0.29, 0.717) is 19.0 Å². The lowest BCUT2D eigenvalue weighted by Gasteiger charge is -2.00. The molecule has 1 heterocycles. The molecular weight excluding hydrogens is 232 g/mol. The lowest BCUT2D eigenvalue weighted by atomic mass is 10.5. The molecule has 0 amide bonds. The molecule has 1 aromatic rings. The minimum Gasteiger partial charge on any atom is -0.475 e.